The number of benzene rings is 1. The molecule has 0 aliphatic carbocycles. The molecule has 2 aromatic rings. The SMILES string of the molecule is COC(=O)c1c(O)c2cc(Br)ccc2sc1=O. The molecule has 0 saturated heterocycles. The third-order valence-electron chi connectivity index (χ3n) is 2.23. The van der Waals surface area contributed by atoms with E-state index in [1.165, 1.54) is 0 Å². The summed E-state index contributed by atoms with van der Waals surface area (Å²) in [4.78, 5) is 23.1. The minimum absolute atomic E-state index is 0.317. The van der Waals surface area contributed by atoms with Crippen LogP contribution in [0.4, 0.5) is 0 Å². The largest absolute Gasteiger partial charge is 0.506 e. The molecule has 0 unspecified atom stereocenters. The van der Waals surface area contributed by atoms with Crippen molar-refractivity contribution in [2.45, 2.75) is 0 Å². The van der Waals surface area contributed by atoms with Crippen molar-refractivity contribution in [3.8, 4) is 5.75 Å². The number of carbonyl (C=O) groups excluding carboxylic acids is 1. The Balaban J connectivity index is 2.87. The van der Waals surface area contributed by atoms with Gasteiger partial charge in [-0.2, -0.15) is 0 Å². The van der Waals surface area contributed by atoms with E-state index in [9.17, 15) is 14.7 Å². The van der Waals surface area contributed by atoms with Crippen molar-refractivity contribution in [3.63, 3.8) is 0 Å². The number of methoxy groups -OCH3 is 1. The van der Waals surface area contributed by atoms with Crippen LogP contribution >= 0.6 is 27.3 Å². The molecule has 2 rings (SSSR count). The van der Waals surface area contributed by atoms with E-state index in [1.807, 2.05) is 0 Å². The maximum atomic E-state index is 11.7. The van der Waals surface area contributed by atoms with Crippen LogP contribution in [-0.4, -0.2) is 18.2 Å². The van der Waals surface area contributed by atoms with Crippen LogP contribution in [0.25, 0.3) is 10.1 Å². The summed E-state index contributed by atoms with van der Waals surface area (Å²) in [5, 5.41) is 10.4. The number of rotatable bonds is 1. The molecule has 0 aliphatic heterocycles. The standard InChI is InChI=1S/C11H7BrO4S/c1-16-10(14)8-9(13)6-4-5(12)2-3-7(6)17-11(8)15/h2-4,13H,1H3. The van der Waals surface area contributed by atoms with Crippen molar-refractivity contribution < 1.29 is 14.6 Å². The van der Waals surface area contributed by atoms with Gasteiger partial charge in [0.1, 0.15) is 5.75 Å². The molecule has 1 aromatic heterocycles. The molecule has 0 saturated carbocycles. The lowest BCUT2D eigenvalue weighted by atomic mass is 10.2. The van der Waals surface area contributed by atoms with Crippen molar-refractivity contribution in [1.82, 2.24) is 0 Å². The monoisotopic (exact) mass is 314 g/mol. The van der Waals surface area contributed by atoms with Crippen LogP contribution in [0.15, 0.2) is 27.5 Å². The molecule has 0 fully saturated rings. The number of hydrogen-bond acceptors (Lipinski definition) is 5. The molecule has 88 valence electrons. The van der Waals surface area contributed by atoms with Crippen molar-refractivity contribution in [1.29, 1.82) is 0 Å². The third kappa shape index (κ3) is 2.05. The second kappa shape index (κ2) is 4.46. The van der Waals surface area contributed by atoms with Gasteiger partial charge in [-0.25, -0.2) is 4.79 Å². The average molecular weight is 315 g/mol. The van der Waals surface area contributed by atoms with Crippen LogP contribution in [0.2, 0.25) is 0 Å². The van der Waals surface area contributed by atoms with E-state index in [0.29, 0.717) is 10.1 Å². The van der Waals surface area contributed by atoms with Crippen LogP contribution in [0.1, 0.15) is 10.4 Å². The van der Waals surface area contributed by atoms with Gasteiger partial charge in [0.05, 0.1) is 7.11 Å². The first kappa shape index (κ1) is 12.1. The highest BCUT2D eigenvalue weighted by Crippen LogP contribution is 2.31. The Kier molecular flexibility index (Phi) is 3.17. The predicted octanol–water partition coefficient (Wildman–Crippen LogP) is 2.52. The van der Waals surface area contributed by atoms with Gasteiger partial charge in [0.15, 0.2) is 5.56 Å². The van der Waals surface area contributed by atoms with Crippen LogP contribution < -0.4 is 4.74 Å². The summed E-state index contributed by atoms with van der Waals surface area (Å²) in [7, 11) is 1.16. The van der Waals surface area contributed by atoms with Gasteiger partial charge in [-0.05, 0) is 18.2 Å². The highest BCUT2D eigenvalue weighted by molar-refractivity contribution is 9.10. The van der Waals surface area contributed by atoms with E-state index >= 15 is 0 Å². The molecule has 0 spiro atoms. The average Bonchev–Trinajstić information content (AvgIpc) is 2.30. The molecule has 1 N–H and O–H groups in total. The van der Waals surface area contributed by atoms with Crippen molar-refractivity contribution in [2.24, 2.45) is 0 Å². The fraction of sp³-hybridized carbons (Fsp3) is 0.0909. The Morgan fingerprint density at radius 2 is 2.18 bits per heavy atom. The zero-order valence-electron chi connectivity index (χ0n) is 8.69. The van der Waals surface area contributed by atoms with E-state index in [0.717, 1.165) is 22.9 Å². The van der Waals surface area contributed by atoms with Gasteiger partial charge in [-0.1, -0.05) is 27.3 Å². The summed E-state index contributed by atoms with van der Waals surface area (Å²) in [6.45, 7) is 0. The summed E-state index contributed by atoms with van der Waals surface area (Å²) in [6.07, 6.45) is 0. The highest BCUT2D eigenvalue weighted by Gasteiger charge is 2.19. The summed E-state index contributed by atoms with van der Waals surface area (Å²) < 4.78 is 5.33. The minimum atomic E-state index is -0.828. The molecular formula is C11H7BrO4S. The summed E-state index contributed by atoms with van der Waals surface area (Å²) in [5.74, 6) is -1.16. The minimum Gasteiger partial charge on any atom is -0.506 e. The topological polar surface area (TPSA) is 63.6 Å². The molecule has 1 heterocycles. The van der Waals surface area contributed by atoms with E-state index in [2.05, 4.69) is 20.7 Å². The molecule has 0 bridgehead atoms. The number of aromatic hydroxyl groups is 1. The number of esters is 1. The Bertz CT molecular complexity index is 662. The molecule has 6 heteroatoms. The van der Waals surface area contributed by atoms with Gasteiger partial charge < -0.3 is 9.84 Å². The van der Waals surface area contributed by atoms with Crippen molar-refractivity contribution >= 4 is 43.3 Å². The van der Waals surface area contributed by atoms with Crippen molar-refractivity contribution in [2.75, 3.05) is 7.11 Å². The molecule has 4 nitrogen and oxygen atoms in total. The predicted molar refractivity (Wildman–Crippen MR) is 68.8 cm³/mol. The first-order chi connectivity index (χ1) is 8.04. The van der Waals surface area contributed by atoms with Gasteiger partial charge in [-0.3, -0.25) is 4.79 Å². The van der Waals surface area contributed by atoms with Crippen LogP contribution in [-0.2, 0) is 4.74 Å². The lowest BCUT2D eigenvalue weighted by Gasteiger charge is -2.05. The van der Waals surface area contributed by atoms with E-state index in [-0.39, 0.29) is 11.3 Å². The fourth-order valence-electron chi connectivity index (χ4n) is 1.44. The number of halogens is 1. The zero-order valence-corrected chi connectivity index (χ0v) is 11.1. The first-order valence-electron chi connectivity index (χ1n) is 4.58. The van der Waals surface area contributed by atoms with E-state index < -0.39 is 10.7 Å². The molecule has 0 aliphatic rings. The van der Waals surface area contributed by atoms with Crippen molar-refractivity contribution in [3.05, 3.63) is 37.8 Å². The van der Waals surface area contributed by atoms with Gasteiger partial charge in [0.25, 0.3) is 4.74 Å². The fourth-order valence-corrected chi connectivity index (χ4v) is 2.69. The Morgan fingerprint density at radius 3 is 2.82 bits per heavy atom. The molecule has 17 heavy (non-hydrogen) atoms. The molecule has 0 amide bonds. The first-order valence-corrected chi connectivity index (χ1v) is 6.19. The maximum absolute atomic E-state index is 11.7. The summed E-state index contributed by atoms with van der Waals surface area (Å²) in [5.41, 5.74) is -0.317. The highest BCUT2D eigenvalue weighted by atomic mass is 79.9. The van der Waals surface area contributed by atoms with Gasteiger partial charge in [-0.15, -0.1) is 0 Å². The van der Waals surface area contributed by atoms with E-state index in [1.54, 1.807) is 18.2 Å². The smallest absolute Gasteiger partial charge is 0.346 e. The Labute approximate surface area is 109 Å². The van der Waals surface area contributed by atoms with Crippen LogP contribution in [0, 0.1) is 0 Å². The van der Waals surface area contributed by atoms with Gasteiger partial charge in [0.2, 0.25) is 0 Å². The second-order valence-corrected chi connectivity index (χ2v) is 5.18. The summed E-state index contributed by atoms with van der Waals surface area (Å²) >= 11 is 4.16. The zero-order chi connectivity index (χ0) is 12.6. The van der Waals surface area contributed by atoms with Crippen LogP contribution in [0.5, 0.6) is 5.75 Å². The Hall–Kier alpha value is -1.40. The van der Waals surface area contributed by atoms with E-state index in [4.69, 9.17) is 0 Å². The normalized spacial score (nSPS) is 10.5. The van der Waals surface area contributed by atoms with Crippen LogP contribution in [0.3, 0.4) is 0 Å². The molecule has 0 atom stereocenters. The number of hydrogen-bond donors (Lipinski definition) is 1. The third-order valence-corrected chi connectivity index (χ3v) is 3.69. The second-order valence-electron chi connectivity index (χ2n) is 3.25. The lowest BCUT2D eigenvalue weighted by molar-refractivity contribution is 0.0597. The molecule has 0 radical (unpaired) electrons. The van der Waals surface area contributed by atoms with Gasteiger partial charge >= 0.3 is 5.97 Å². The maximum Gasteiger partial charge on any atom is 0.346 e. The summed E-state index contributed by atoms with van der Waals surface area (Å²) in [6, 6.07) is 5.11. The Morgan fingerprint density at radius 1 is 1.47 bits per heavy atom. The lowest BCUT2D eigenvalue weighted by Crippen LogP contribution is -2.13. The molecular weight excluding hydrogens is 308 g/mol. The molecule has 1 aromatic carbocycles. The number of ether oxygens (including phenoxy) is 1. The number of fused-ring (bicyclic) bond motifs is 1. The van der Waals surface area contributed by atoms with Gasteiger partial charge in [0, 0.05) is 14.6 Å². The quantitative estimate of drug-likeness (QED) is 0.821. The number of carbonyl (C=O) groups is 1.